The molecule has 91 heavy (non-hydrogen) atoms. The Labute approximate surface area is 510 Å². The van der Waals surface area contributed by atoms with Crippen LogP contribution in [0.4, 0.5) is 0 Å². The molecule has 5 aliphatic rings. The van der Waals surface area contributed by atoms with Crippen molar-refractivity contribution in [1.29, 1.82) is 0 Å². The number of aliphatic carboxylic acids is 1. The molecule has 4 aromatic carbocycles. The van der Waals surface area contributed by atoms with Crippen LogP contribution in [0.25, 0.3) is 18.2 Å². The summed E-state index contributed by atoms with van der Waals surface area (Å²) in [6, 6.07) is 10.9. The summed E-state index contributed by atoms with van der Waals surface area (Å²) in [5, 5.41) is 213. The molecule has 34 heteroatoms. The van der Waals surface area contributed by atoms with Crippen LogP contribution in [-0.2, 0) is 52.3 Å². The van der Waals surface area contributed by atoms with E-state index in [0.717, 1.165) is 72.8 Å². The van der Waals surface area contributed by atoms with Gasteiger partial charge in [0.15, 0.2) is 64.9 Å². The van der Waals surface area contributed by atoms with Crippen molar-refractivity contribution in [2.75, 3.05) is 19.8 Å². The molecule has 4 saturated heterocycles. The molecule has 5 heterocycles. The van der Waals surface area contributed by atoms with Crippen molar-refractivity contribution in [2.45, 2.75) is 129 Å². The van der Waals surface area contributed by atoms with E-state index < -0.39 is 224 Å². The molecule has 0 aliphatic carbocycles. The van der Waals surface area contributed by atoms with Crippen molar-refractivity contribution in [2.24, 2.45) is 0 Å². The molecular weight excluding hydrogens is 1230 g/mol. The van der Waals surface area contributed by atoms with Gasteiger partial charge in [-0.1, -0.05) is 12.1 Å². The van der Waals surface area contributed by atoms with Crippen molar-refractivity contribution in [3.63, 3.8) is 0 Å². The van der Waals surface area contributed by atoms with Gasteiger partial charge >= 0.3 is 17.9 Å². The molecule has 494 valence electrons. The van der Waals surface area contributed by atoms with Crippen LogP contribution in [0.2, 0.25) is 0 Å². The molecule has 21 unspecified atom stereocenters. The summed E-state index contributed by atoms with van der Waals surface area (Å²) >= 11 is 0. The third-order valence-electron chi connectivity index (χ3n) is 15.0. The quantitative estimate of drug-likeness (QED) is 0.0182. The van der Waals surface area contributed by atoms with Gasteiger partial charge in [-0.2, -0.15) is 0 Å². The van der Waals surface area contributed by atoms with Crippen molar-refractivity contribution >= 4 is 36.1 Å². The van der Waals surface area contributed by atoms with Gasteiger partial charge in [-0.05, 0) is 59.7 Å². The van der Waals surface area contributed by atoms with E-state index in [1.807, 2.05) is 0 Å². The monoisotopic (exact) mass is 1290 g/mol. The zero-order valence-electron chi connectivity index (χ0n) is 46.6. The topological polar surface area (TPSA) is 561 Å². The molecule has 0 radical (unpaired) electrons. The average Bonchev–Trinajstić information content (AvgIpc) is 0.828. The van der Waals surface area contributed by atoms with Gasteiger partial charge < -0.3 is 154 Å². The summed E-state index contributed by atoms with van der Waals surface area (Å²) in [5.74, 6) is -11.0. The van der Waals surface area contributed by atoms with E-state index in [0.29, 0.717) is 0 Å². The van der Waals surface area contributed by atoms with E-state index in [1.165, 1.54) is 18.2 Å². The Morgan fingerprint density at radius 1 is 0.505 bits per heavy atom. The van der Waals surface area contributed by atoms with Gasteiger partial charge in [0.2, 0.25) is 24.6 Å². The summed E-state index contributed by atoms with van der Waals surface area (Å²) in [5.41, 5.74) is -0.184. The van der Waals surface area contributed by atoms with E-state index in [-0.39, 0.29) is 28.0 Å². The molecule has 9 rings (SSSR count). The predicted molar refractivity (Wildman–Crippen MR) is 292 cm³/mol. The maximum Gasteiger partial charge on any atom is 0.335 e. The lowest BCUT2D eigenvalue weighted by molar-refractivity contribution is -0.364. The Bertz CT molecular complexity index is 3370. The lowest BCUT2D eigenvalue weighted by Crippen LogP contribution is -2.65. The number of hydrogen-bond donors (Lipinski definition) is 20. The highest BCUT2D eigenvalue weighted by Gasteiger charge is 2.55. The number of fused-ring (bicyclic) bond motifs is 1. The average molecular weight is 1290 g/mol. The van der Waals surface area contributed by atoms with Crippen molar-refractivity contribution in [3.05, 3.63) is 101 Å². The van der Waals surface area contributed by atoms with Crippen LogP contribution in [0.3, 0.4) is 0 Å². The second kappa shape index (κ2) is 28.0. The lowest BCUT2D eigenvalue weighted by atomic mass is 9.96. The number of carboxylic acids is 1. The molecule has 0 saturated carbocycles. The second-order valence-corrected chi connectivity index (χ2v) is 21.2. The Kier molecular flexibility index (Phi) is 20.6. The number of benzene rings is 4. The van der Waals surface area contributed by atoms with Crippen molar-refractivity contribution < 1.29 is 169 Å². The number of esters is 2. The van der Waals surface area contributed by atoms with Gasteiger partial charge in [0.05, 0.1) is 24.8 Å². The summed E-state index contributed by atoms with van der Waals surface area (Å²) in [6.07, 6.45) is -37.8. The first-order chi connectivity index (χ1) is 43.2. The second-order valence-electron chi connectivity index (χ2n) is 21.2. The number of hydrogen-bond acceptors (Lipinski definition) is 32. The maximum atomic E-state index is 13.3. The van der Waals surface area contributed by atoms with Crippen LogP contribution in [-0.4, -0.2) is 267 Å². The van der Waals surface area contributed by atoms with Crippen LogP contribution >= 0.6 is 0 Å². The van der Waals surface area contributed by atoms with Gasteiger partial charge in [-0.25, -0.2) is 14.4 Å². The van der Waals surface area contributed by atoms with Gasteiger partial charge in [0.25, 0.3) is 11.9 Å². The molecule has 4 aromatic rings. The maximum absolute atomic E-state index is 13.3. The van der Waals surface area contributed by atoms with Gasteiger partial charge in [-0.15, -0.1) is 0 Å². The van der Waals surface area contributed by atoms with Crippen LogP contribution in [0.5, 0.6) is 57.5 Å². The fourth-order valence-electron chi connectivity index (χ4n) is 9.98. The third kappa shape index (κ3) is 14.5. The number of phenols is 7. The van der Waals surface area contributed by atoms with E-state index in [2.05, 4.69) is 4.74 Å². The first kappa shape index (κ1) is 67.0. The normalized spacial score (nSPS) is 33.3. The molecule has 0 aromatic heterocycles. The van der Waals surface area contributed by atoms with Gasteiger partial charge in [0, 0.05) is 24.3 Å². The Hall–Kier alpha value is -8.37. The minimum atomic E-state index is -2.23. The Morgan fingerprint density at radius 3 is 1.65 bits per heavy atom. The minimum absolute atomic E-state index is 0.159. The molecule has 4 fully saturated rings. The minimum Gasteiger partial charge on any atom is -0.571 e. The van der Waals surface area contributed by atoms with Gasteiger partial charge in [-0.3, -0.25) is 0 Å². The van der Waals surface area contributed by atoms with E-state index in [9.17, 15) is 117 Å². The molecule has 0 bridgehead atoms. The van der Waals surface area contributed by atoms with E-state index in [4.69, 9.17) is 47.4 Å². The summed E-state index contributed by atoms with van der Waals surface area (Å²) in [7, 11) is 0. The largest absolute Gasteiger partial charge is 0.571 e. The van der Waals surface area contributed by atoms with Crippen LogP contribution < -0.4 is 9.47 Å². The SMILES string of the molecule is O=C(C=Cc1ccc(O)c(O)c1)OCC1OC(Oc2cc(O)c3c(c2)[OH+]C(c2cc(O)c(O)c(OC4OC(C(=O)O)C(O)C(O)C4O)c2)C(OC2OC(CO)C(O)C(O)C2OC2OC(CO)C(O)C(O)C2OC(=O)C=Cc2ccc(O)c(O)c2)=C3)C(O)C(O)C1O. The number of ether oxygens (including phenoxy) is 11. The standard InChI is InChI=1S/C57H62O34/c58-16-33-40(70)45(75)52(91-57-51(44(74)39(69)34(17-59)87-57)89-37(67)8-4-20-2-6-25(61)28(64)10-20)56(86-33)85-32-15-23-26(62)13-22(82-54-47(77)42(72)41(71)35(88-54)18-81-36(66)7-3-19-1-5-24(60)27(63)9-19)14-30(23)83-49(32)21-11-29(65)38(68)31(12-21)84-55-48(78)43(73)46(76)50(90-55)53(79)80/h1-15,33-35,39-52,54-65,68-78H,16-18H2,(H,79,80)/p+1. The predicted octanol–water partition coefficient (Wildman–Crippen LogP) is -4.42. The summed E-state index contributed by atoms with van der Waals surface area (Å²) in [4.78, 5) is 37.9. The zero-order valence-corrected chi connectivity index (χ0v) is 46.6. The highest BCUT2D eigenvalue weighted by Crippen LogP contribution is 2.49. The number of aliphatic hydroxyl groups excluding tert-OH is 12. The van der Waals surface area contributed by atoms with E-state index >= 15 is 0 Å². The zero-order chi connectivity index (χ0) is 66.0. The number of carbonyl (C=O) groups is 3. The number of phenolic OH excluding ortho intramolecular Hbond substituents is 7. The van der Waals surface area contributed by atoms with Gasteiger partial charge in [0.1, 0.15) is 103 Å². The lowest BCUT2D eigenvalue weighted by Gasteiger charge is -2.46. The highest BCUT2D eigenvalue weighted by atomic mass is 16.8. The molecule has 21 N–H and O–H groups in total. The molecule has 0 amide bonds. The molecular formula is C57H63O34+. The fourth-order valence-corrected chi connectivity index (χ4v) is 9.98. The molecule has 34 nitrogen and oxygen atoms in total. The Balaban J connectivity index is 1.05. The number of aliphatic hydroxyl groups is 13. The van der Waals surface area contributed by atoms with E-state index in [1.54, 1.807) is 0 Å². The summed E-state index contributed by atoms with van der Waals surface area (Å²) in [6.45, 7) is -2.82. The smallest absolute Gasteiger partial charge is 0.335 e. The molecule has 0 spiro atoms. The van der Waals surface area contributed by atoms with Crippen LogP contribution in [0.1, 0.15) is 28.4 Å². The highest BCUT2D eigenvalue weighted by molar-refractivity contribution is 5.88. The fraction of sp³-hybridized carbons (Fsp3) is 0.421. The van der Waals surface area contributed by atoms with Crippen molar-refractivity contribution in [1.82, 2.24) is 0 Å². The first-order valence-corrected chi connectivity index (χ1v) is 27.3. The number of rotatable bonds is 19. The molecule has 21 atom stereocenters. The number of carboxylic acid groups (broad SMARTS) is 1. The first-order valence-electron chi connectivity index (χ1n) is 27.3. The Morgan fingerprint density at radius 2 is 1.05 bits per heavy atom. The van der Waals surface area contributed by atoms with Crippen LogP contribution in [0, 0.1) is 0 Å². The molecule has 5 aliphatic heterocycles. The van der Waals surface area contributed by atoms with Crippen LogP contribution in [0.15, 0.2) is 78.6 Å². The third-order valence-corrected chi connectivity index (χ3v) is 15.0. The number of carbonyl (C=O) groups excluding carboxylic acids is 2. The van der Waals surface area contributed by atoms with Crippen molar-refractivity contribution in [3.8, 4) is 57.5 Å². The summed E-state index contributed by atoms with van der Waals surface area (Å²) < 4.78 is 61.7. The number of aromatic hydroxyl groups is 8.